The molecule has 1 fully saturated rings. The Morgan fingerprint density at radius 3 is 2.46 bits per heavy atom. The number of halogens is 1. The van der Waals surface area contributed by atoms with E-state index in [1.807, 2.05) is 18.0 Å². The molecular weight excluding hydrogens is 374 g/mol. The Hall–Kier alpha value is -2.41. The van der Waals surface area contributed by atoms with Crippen molar-refractivity contribution < 1.29 is 0 Å². The Kier molecular flexibility index (Phi) is 5.35. The van der Waals surface area contributed by atoms with Crippen LogP contribution in [0.15, 0.2) is 53.3 Å². The molecule has 2 N–H and O–H groups in total. The van der Waals surface area contributed by atoms with Crippen LogP contribution in [0.3, 0.4) is 0 Å². The summed E-state index contributed by atoms with van der Waals surface area (Å²) in [5.41, 5.74) is 7.88. The molecule has 1 aromatic heterocycles. The summed E-state index contributed by atoms with van der Waals surface area (Å²) in [4.78, 5) is 20.3. The van der Waals surface area contributed by atoms with E-state index >= 15 is 0 Å². The van der Waals surface area contributed by atoms with E-state index in [0.717, 1.165) is 32.7 Å². The van der Waals surface area contributed by atoms with E-state index in [0.29, 0.717) is 21.7 Å². The second-order valence-corrected chi connectivity index (χ2v) is 7.63. The van der Waals surface area contributed by atoms with Crippen LogP contribution in [0, 0.1) is 0 Å². The molecule has 146 valence electrons. The van der Waals surface area contributed by atoms with Crippen LogP contribution in [-0.2, 0) is 6.54 Å². The van der Waals surface area contributed by atoms with E-state index in [2.05, 4.69) is 34.1 Å². The third-order valence-electron chi connectivity index (χ3n) is 5.14. The van der Waals surface area contributed by atoms with Crippen molar-refractivity contribution in [1.82, 2.24) is 14.6 Å². The lowest BCUT2D eigenvalue weighted by atomic mass is 10.2. The minimum absolute atomic E-state index is 0.153. The Morgan fingerprint density at radius 2 is 1.79 bits per heavy atom. The van der Waals surface area contributed by atoms with Gasteiger partial charge in [0.2, 0.25) is 0 Å². The Balaban J connectivity index is 1.62. The normalized spacial score (nSPS) is 16.5. The maximum Gasteiger partial charge on any atom is 0.281 e. The van der Waals surface area contributed by atoms with E-state index in [1.165, 1.54) is 5.56 Å². The first-order valence-corrected chi connectivity index (χ1v) is 9.90. The average Bonchev–Trinajstić information content (AvgIpc) is 2.69. The lowest BCUT2D eigenvalue weighted by Crippen LogP contribution is -2.55. The van der Waals surface area contributed by atoms with Crippen LogP contribution in [0.5, 0.6) is 0 Å². The molecule has 0 aliphatic carbocycles. The van der Waals surface area contributed by atoms with Crippen molar-refractivity contribution in [2.24, 2.45) is 5.73 Å². The Labute approximate surface area is 169 Å². The van der Waals surface area contributed by atoms with Gasteiger partial charge in [0.25, 0.3) is 5.56 Å². The van der Waals surface area contributed by atoms with Gasteiger partial charge >= 0.3 is 0 Å². The molecule has 28 heavy (non-hydrogen) atoms. The number of piperazine rings is 1. The topological polar surface area (TPSA) is 67.4 Å². The molecule has 2 heterocycles. The second kappa shape index (κ2) is 7.91. The van der Waals surface area contributed by atoms with Gasteiger partial charge in [-0.05, 0) is 24.6 Å². The molecule has 1 unspecified atom stereocenters. The number of hydrogen-bond acceptors (Lipinski definition) is 5. The first-order chi connectivity index (χ1) is 13.5. The summed E-state index contributed by atoms with van der Waals surface area (Å²) in [7, 11) is 0. The number of nitrogens with two attached hydrogens (primary N) is 1. The highest BCUT2D eigenvalue weighted by molar-refractivity contribution is 6.35. The van der Waals surface area contributed by atoms with Gasteiger partial charge in [-0.3, -0.25) is 9.69 Å². The van der Waals surface area contributed by atoms with E-state index in [-0.39, 0.29) is 11.6 Å². The molecule has 0 bridgehead atoms. The molecular formula is C21H24ClN5O. The molecule has 3 aromatic rings. The fourth-order valence-electron chi connectivity index (χ4n) is 3.70. The van der Waals surface area contributed by atoms with Gasteiger partial charge in [0.05, 0.1) is 22.0 Å². The number of benzene rings is 2. The van der Waals surface area contributed by atoms with E-state index in [4.69, 9.17) is 17.3 Å². The molecule has 1 saturated heterocycles. The number of hydrogen-bond donors (Lipinski definition) is 1. The zero-order chi connectivity index (χ0) is 19.7. The standard InChI is InChI=1S/C21H24ClN5O/c1-15(23)20-24-18-9-5-8-17(22)19(18)21(28)27(20)26-12-10-25(11-13-26)14-16-6-3-2-4-7-16/h2-9,15H,10-14,23H2,1H3. The Bertz CT molecular complexity index is 1030. The summed E-state index contributed by atoms with van der Waals surface area (Å²) in [6.07, 6.45) is 0. The van der Waals surface area contributed by atoms with Gasteiger partial charge in [-0.25, -0.2) is 9.66 Å². The highest BCUT2D eigenvalue weighted by Gasteiger charge is 2.24. The van der Waals surface area contributed by atoms with Crippen LogP contribution < -0.4 is 16.3 Å². The van der Waals surface area contributed by atoms with Crippen molar-refractivity contribution in [2.75, 3.05) is 31.2 Å². The molecule has 0 spiro atoms. The molecule has 4 rings (SSSR count). The van der Waals surface area contributed by atoms with Crippen LogP contribution >= 0.6 is 11.6 Å². The summed E-state index contributed by atoms with van der Waals surface area (Å²) >= 11 is 6.31. The predicted octanol–water partition coefficient (Wildman–Crippen LogP) is 2.52. The second-order valence-electron chi connectivity index (χ2n) is 7.23. The van der Waals surface area contributed by atoms with Gasteiger partial charge in [-0.15, -0.1) is 0 Å². The number of nitrogens with zero attached hydrogens (tertiary/aromatic N) is 4. The van der Waals surface area contributed by atoms with Gasteiger partial charge in [0, 0.05) is 32.7 Å². The Morgan fingerprint density at radius 1 is 1.07 bits per heavy atom. The molecule has 1 aliphatic rings. The van der Waals surface area contributed by atoms with Gasteiger partial charge in [-0.1, -0.05) is 48.0 Å². The smallest absolute Gasteiger partial charge is 0.281 e. The van der Waals surface area contributed by atoms with Gasteiger partial charge in [-0.2, -0.15) is 0 Å². The minimum atomic E-state index is -0.363. The molecule has 1 atom stereocenters. The van der Waals surface area contributed by atoms with Crippen LogP contribution in [-0.4, -0.2) is 40.7 Å². The molecule has 0 saturated carbocycles. The number of rotatable bonds is 4. The first-order valence-electron chi connectivity index (χ1n) is 9.53. The van der Waals surface area contributed by atoms with Crippen LogP contribution in [0.1, 0.15) is 24.4 Å². The van der Waals surface area contributed by atoms with E-state index in [9.17, 15) is 4.79 Å². The zero-order valence-corrected chi connectivity index (χ0v) is 16.6. The summed E-state index contributed by atoms with van der Waals surface area (Å²) < 4.78 is 1.64. The molecule has 2 aromatic carbocycles. The van der Waals surface area contributed by atoms with Crippen molar-refractivity contribution in [1.29, 1.82) is 0 Å². The zero-order valence-electron chi connectivity index (χ0n) is 15.9. The molecule has 0 amide bonds. The van der Waals surface area contributed by atoms with Crippen molar-refractivity contribution >= 4 is 22.5 Å². The maximum atomic E-state index is 13.3. The van der Waals surface area contributed by atoms with Gasteiger partial charge < -0.3 is 10.7 Å². The van der Waals surface area contributed by atoms with Crippen molar-refractivity contribution in [3.63, 3.8) is 0 Å². The van der Waals surface area contributed by atoms with Crippen molar-refractivity contribution in [2.45, 2.75) is 19.5 Å². The monoisotopic (exact) mass is 397 g/mol. The summed E-state index contributed by atoms with van der Waals surface area (Å²) in [5, 5.41) is 2.90. The van der Waals surface area contributed by atoms with Gasteiger partial charge in [0.15, 0.2) is 0 Å². The van der Waals surface area contributed by atoms with Gasteiger partial charge in [0.1, 0.15) is 5.82 Å². The van der Waals surface area contributed by atoms with Crippen LogP contribution in [0.2, 0.25) is 5.02 Å². The maximum absolute atomic E-state index is 13.3. The molecule has 1 aliphatic heterocycles. The predicted molar refractivity (Wildman–Crippen MR) is 113 cm³/mol. The summed E-state index contributed by atoms with van der Waals surface area (Å²) in [6, 6.07) is 15.4. The lowest BCUT2D eigenvalue weighted by molar-refractivity contribution is 0.229. The number of aromatic nitrogens is 2. The molecule has 6 nitrogen and oxygen atoms in total. The third kappa shape index (κ3) is 3.63. The lowest BCUT2D eigenvalue weighted by Gasteiger charge is -2.37. The number of fused-ring (bicyclic) bond motifs is 1. The quantitative estimate of drug-likeness (QED) is 0.732. The molecule has 0 radical (unpaired) electrons. The fourth-order valence-corrected chi connectivity index (χ4v) is 3.95. The van der Waals surface area contributed by atoms with Crippen LogP contribution in [0.25, 0.3) is 10.9 Å². The van der Waals surface area contributed by atoms with Crippen LogP contribution in [0.4, 0.5) is 0 Å². The third-order valence-corrected chi connectivity index (χ3v) is 5.45. The minimum Gasteiger partial charge on any atom is -0.322 e. The molecule has 7 heteroatoms. The summed E-state index contributed by atoms with van der Waals surface area (Å²) in [6.45, 7) is 5.93. The van der Waals surface area contributed by atoms with Crippen molar-refractivity contribution in [3.05, 3.63) is 75.3 Å². The van der Waals surface area contributed by atoms with E-state index < -0.39 is 0 Å². The SMILES string of the molecule is CC(N)c1nc2cccc(Cl)c2c(=O)n1N1CCN(Cc2ccccc2)CC1. The highest BCUT2D eigenvalue weighted by Crippen LogP contribution is 2.20. The first kappa shape index (κ1) is 18.9. The largest absolute Gasteiger partial charge is 0.322 e. The highest BCUT2D eigenvalue weighted by atomic mass is 35.5. The average molecular weight is 398 g/mol. The fraction of sp³-hybridized carbons (Fsp3) is 0.333. The summed E-state index contributed by atoms with van der Waals surface area (Å²) in [5.74, 6) is 0.566. The van der Waals surface area contributed by atoms with Crippen molar-refractivity contribution in [3.8, 4) is 0 Å². The van der Waals surface area contributed by atoms with E-state index in [1.54, 1.807) is 22.9 Å².